The van der Waals surface area contributed by atoms with Crippen LogP contribution in [-0.2, 0) is 20.4 Å². The van der Waals surface area contributed by atoms with Gasteiger partial charge in [-0.15, -0.1) is 0 Å². The molecule has 1 amide bonds. The van der Waals surface area contributed by atoms with Crippen molar-refractivity contribution in [3.8, 4) is 5.75 Å². The molecule has 0 saturated carbocycles. The highest BCUT2D eigenvalue weighted by Gasteiger charge is 2.28. The van der Waals surface area contributed by atoms with Gasteiger partial charge in [0.15, 0.2) is 16.4 Å². The first-order valence-corrected chi connectivity index (χ1v) is 9.70. The summed E-state index contributed by atoms with van der Waals surface area (Å²) >= 11 is 0. The maximum atomic E-state index is 12.2. The summed E-state index contributed by atoms with van der Waals surface area (Å²) in [6.45, 7) is 0.458. The smallest absolute Gasteiger partial charge is 0.422 e. The van der Waals surface area contributed by atoms with Crippen LogP contribution in [0.1, 0.15) is 11.1 Å². The molecule has 9 heteroatoms. The van der Waals surface area contributed by atoms with Gasteiger partial charge in [0.2, 0.25) is 5.91 Å². The van der Waals surface area contributed by atoms with Gasteiger partial charge in [0, 0.05) is 5.69 Å². The molecule has 0 atom stereocenters. The minimum absolute atomic E-state index is 0.0226. The van der Waals surface area contributed by atoms with E-state index in [0.29, 0.717) is 11.3 Å². The Labute approximate surface area is 155 Å². The van der Waals surface area contributed by atoms with Gasteiger partial charge in [-0.05, 0) is 36.8 Å². The van der Waals surface area contributed by atoms with Gasteiger partial charge in [-0.1, -0.05) is 29.8 Å². The Balaban J connectivity index is 1.91. The number of sulfone groups is 1. The number of hydrogen-bond acceptors (Lipinski definition) is 4. The molecule has 2 rings (SSSR count). The third-order valence-electron chi connectivity index (χ3n) is 3.40. The molecule has 2 aromatic rings. The van der Waals surface area contributed by atoms with E-state index in [0.717, 1.165) is 5.56 Å². The molecule has 146 valence electrons. The summed E-state index contributed by atoms with van der Waals surface area (Å²) in [5.74, 6) is -1.80. The van der Waals surface area contributed by atoms with Crippen LogP contribution in [-0.4, -0.2) is 32.9 Å². The molecule has 0 radical (unpaired) electrons. The molecule has 2 aromatic carbocycles. The summed E-state index contributed by atoms with van der Waals surface area (Å²) < 4.78 is 65.2. The molecule has 0 aliphatic carbocycles. The molecule has 0 spiro atoms. The van der Waals surface area contributed by atoms with E-state index in [1.54, 1.807) is 24.3 Å². The van der Waals surface area contributed by atoms with E-state index in [4.69, 9.17) is 0 Å². The highest BCUT2D eigenvalue weighted by Crippen LogP contribution is 2.19. The monoisotopic (exact) mass is 401 g/mol. The summed E-state index contributed by atoms with van der Waals surface area (Å²) in [6, 6.07) is 12.1. The fourth-order valence-electron chi connectivity index (χ4n) is 2.19. The van der Waals surface area contributed by atoms with Crippen molar-refractivity contribution in [3.63, 3.8) is 0 Å². The molecule has 0 bridgehead atoms. The molecule has 0 saturated heterocycles. The Morgan fingerprint density at radius 3 is 2.19 bits per heavy atom. The summed E-state index contributed by atoms with van der Waals surface area (Å²) in [4.78, 5) is 11.9. The Morgan fingerprint density at radius 2 is 1.63 bits per heavy atom. The number of carbonyl (C=O) groups is 1. The Bertz CT molecular complexity index is 876. The second-order valence-corrected chi connectivity index (χ2v) is 8.06. The molecule has 1 N–H and O–H groups in total. The highest BCUT2D eigenvalue weighted by molar-refractivity contribution is 7.91. The lowest BCUT2D eigenvalue weighted by atomic mass is 10.2. The number of nitrogens with one attached hydrogen (secondary N) is 1. The molecule has 0 fully saturated rings. The van der Waals surface area contributed by atoms with Crippen molar-refractivity contribution in [2.45, 2.75) is 18.9 Å². The zero-order valence-corrected chi connectivity index (χ0v) is 15.2. The summed E-state index contributed by atoms with van der Waals surface area (Å²) in [7, 11) is -3.74. The number of anilines is 1. The maximum Gasteiger partial charge on any atom is 0.422 e. The number of carbonyl (C=O) groups excluding carboxylic acids is 1. The Hall–Kier alpha value is -2.55. The van der Waals surface area contributed by atoms with Gasteiger partial charge in [-0.2, -0.15) is 13.2 Å². The predicted octanol–water partition coefficient (Wildman–Crippen LogP) is 3.49. The van der Waals surface area contributed by atoms with Gasteiger partial charge in [0.25, 0.3) is 0 Å². The summed E-state index contributed by atoms with van der Waals surface area (Å²) in [5, 5.41) is 2.51. The first kappa shape index (κ1) is 20.8. The number of benzene rings is 2. The minimum Gasteiger partial charge on any atom is -0.484 e. The van der Waals surface area contributed by atoms with E-state index in [1.807, 2.05) is 6.92 Å². The van der Waals surface area contributed by atoms with Crippen molar-refractivity contribution in [3.05, 3.63) is 59.7 Å². The van der Waals surface area contributed by atoms with Crippen molar-refractivity contribution in [1.82, 2.24) is 0 Å². The third kappa shape index (κ3) is 7.69. The van der Waals surface area contributed by atoms with Crippen molar-refractivity contribution < 1.29 is 31.1 Å². The zero-order chi connectivity index (χ0) is 20.1. The Morgan fingerprint density at radius 1 is 1.04 bits per heavy atom. The fraction of sp³-hybridized carbons (Fsp3) is 0.278. The predicted molar refractivity (Wildman–Crippen MR) is 95.3 cm³/mol. The minimum atomic E-state index is -4.45. The fourth-order valence-corrected chi connectivity index (χ4v) is 3.46. The van der Waals surface area contributed by atoms with Crippen molar-refractivity contribution in [2.24, 2.45) is 0 Å². The van der Waals surface area contributed by atoms with Crippen LogP contribution in [0.15, 0.2) is 48.5 Å². The van der Waals surface area contributed by atoms with Crippen LogP contribution >= 0.6 is 0 Å². The van der Waals surface area contributed by atoms with Crippen LogP contribution in [0.5, 0.6) is 5.75 Å². The highest BCUT2D eigenvalue weighted by atomic mass is 32.2. The quantitative estimate of drug-likeness (QED) is 0.771. The normalized spacial score (nSPS) is 11.9. The zero-order valence-electron chi connectivity index (χ0n) is 14.4. The lowest BCUT2D eigenvalue weighted by Gasteiger charge is -2.10. The lowest BCUT2D eigenvalue weighted by molar-refractivity contribution is -0.153. The van der Waals surface area contributed by atoms with Gasteiger partial charge in [-0.25, -0.2) is 8.42 Å². The van der Waals surface area contributed by atoms with E-state index in [9.17, 15) is 26.4 Å². The molecule has 5 nitrogen and oxygen atoms in total. The first-order chi connectivity index (χ1) is 12.5. The van der Waals surface area contributed by atoms with Gasteiger partial charge >= 0.3 is 6.18 Å². The van der Waals surface area contributed by atoms with E-state index < -0.39 is 40.0 Å². The standard InChI is InChI=1S/C18H18F3NO4S/c1-13-2-6-15(7-3-13)22-17(23)11-27(24,25)10-14-4-8-16(9-5-14)26-12-18(19,20)21/h2-9H,10-12H2,1H3,(H,22,23). The Kier molecular flexibility index (Phi) is 6.48. The number of rotatable bonds is 7. The van der Waals surface area contributed by atoms with Gasteiger partial charge in [0.1, 0.15) is 11.5 Å². The number of amides is 1. The summed E-state index contributed by atoms with van der Waals surface area (Å²) in [6.07, 6.45) is -4.45. The summed E-state index contributed by atoms with van der Waals surface area (Å²) in [5.41, 5.74) is 1.84. The average molecular weight is 401 g/mol. The van der Waals surface area contributed by atoms with Crippen LogP contribution in [0.25, 0.3) is 0 Å². The topological polar surface area (TPSA) is 72.5 Å². The molecule has 0 heterocycles. The molecule has 0 aliphatic heterocycles. The van der Waals surface area contributed by atoms with Crippen LogP contribution in [0.4, 0.5) is 18.9 Å². The van der Waals surface area contributed by atoms with Crippen LogP contribution in [0.3, 0.4) is 0 Å². The molecular formula is C18H18F3NO4S. The second kappa shape index (κ2) is 8.43. The average Bonchev–Trinajstić information content (AvgIpc) is 2.54. The van der Waals surface area contributed by atoms with Crippen molar-refractivity contribution in [1.29, 1.82) is 0 Å². The van der Waals surface area contributed by atoms with E-state index >= 15 is 0 Å². The maximum absolute atomic E-state index is 12.2. The largest absolute Gasteiger partial charge is 0.484 e. The first-order valence-electron chi connectivity index (χ1n) is 7.88. The SMILES string of the molecule is Cc1ccc(NC(=O)CS(=O)(=O)Cc2ccc(OCC(F)(F)F)cc2)cc1. The van der Waals surface area contributed by atoms with Crippen LogP contribution in [0.2, 0.25) is 0 Å². The van der Waals surface area contributed by atoms with E-state index in [1.165, 1.54) is 24.3 Å². The van der Waals surface area contributed by atoms with Gasteiger partial charge in [-0.3, -0.25) is 4.79 Å². The molecule has 27 heavy (non-hydrogen) atoms. The van der Waals surface area contributed by atoms with Crippen molar-refractivity contribution in [2.75, 3.05) is 17.7 Å². The number of hydrogen-bond donors (Lipinski definition) is 1. The van der Waals surface area contributed by atoms with Crippen LogP contribution < -0.4 is 10.1 Å². The number of aryl methyl sites for hydroxylation is 1. The van der Waals surface area contributed by atoms with Crippen LogP contribution in [0, 0.1) is 6.92 Å². The molecule has 0 aliphatic rings. The lowest BCUT2D eigenvalue weighted by Crippen LogP contribution is -2.24. The van der Waals surface area contributed by atoms with Gasteiger partial charge < -0.3 is 10.1 Å². The van der Waals surface area contributed by atoms with Gasteiger partial charge in [0.05, 0.1) is 5.75 Å². The number of alkyl halides is 3. The number of ether oxygens (including phenoxy) is 1. The molecule has 0 unspecified atom stereocenters. The molecule has 0 aromatic heterocycles. The van der Waals surface area contributed by atoms with E-state index in [2.05, 4.69) is 10.1 Å². The second-order valence-electron chi connectivity index (χ2n) is 5.99. The number of halogens is 3. The molecular weight excluding hydrogens is 383 g/mol. The van der Waals surface area contributed by atoms with Crippen molar-refractivity contribution >= 4 is 21.4 Å². The van der Waals surface area contributed by atoms with E-state index in [-0.39, 0.29) is 5.75 Å². The third-order valence-corrected chi connectivity index (χ3v) is 4.87.